The summed E-state index contributed by atoms with van der Waals surface area (Å²) < 4.78 is 0. The third kappa shape index (κ3) is 4.90. The van der Waals surface area contributed by atoms with Crippen LogP contribution in [-0.2, 0) is 11.2 Å². The first-order valence-electron chi connectivity index (χ1n) is 11.3. The summed E-state index contributed by atoms with van der Waals surface area (Å²) in [7, 11) is 3.94. The summed E-state index contributed by atoms with van der Waals surface area (Å²) in [5.74, 6) is -0.0805. The summed E-state index contributed by atoms with van der Waals surface area (Å²) in [5.41, 5.74) is 4.87. The Hall–Kier alpha value is -3.67. The maximum atomic E-state index is 13.4. The van der Waals surface area contributed by atoms with Gasteiger partial charge in [0, 0.05) is 63.8 Å². The van der Waals surface area contributed by atoms with Crippen molar-refractivity contribution >= 4 is 17.5 Å². The zero-order valence-electron chi connectivity index (χ0n) is 19.4. The van der Waals surface area contributed by atoms with Gasteiger partial charge in [-0.05, 0) is 60.0 Å². The van der Waals surface area contributed by atoms with E-state index in [9.17, 15) is 9.59 Å². The van der Waals surface area contributed by atoms with Gasteiger partial charge in [-0.25, -0.2) is 0 Å². The molecule has 3 aromatic rings. The zero-order valence-corrected chi connectivity index (χ0v) is 19.4. The predicted molar refractivity (Wildman–Crippen MR) is 131 cm³/mol. The van der Waals surface area contributed by atoms with Crippen molar-refractivity contribution in [1.29, 1.82) is 0 Å². The van der Waals surface area contributed by atoms with Crippen molar-refractivity contribution in [3.63, 3.8) is 0 Å². The summed E-state index contributed by atoms with van der Waals surface area (Å²) in [6.45, 7) is 3.73. The average molecular weight is 443 g/mol. The molecular weight excluding hydrogens is 412 g/mol. The molecule has 1 atom stereocenters. The van der Waals surface area contributed by atoms with Gasteiger partial charge in [0.05, 0.1) is 0 Å². The second-order valence-corrected chi connectivity index (χ2v) is 8.51. The molecule has 0 spiro atoms. The summed E-state index contributed by atoms with van der Waals surface area (Å²) in [4.78, 5) is 36.3. The monoisotopic (exact) mass is 442 g/mol. The molecule has 6 heteroatoms. The highest BCUT2D eigenvalue weighted by molar-refractivity contribution is 5.98. The lowest BCUT2D eigenvalue weighted by Gasteiger charge is -2.40. The van der Waals surface area contributed by atoms with Crippen LogP contribution in [0.3, 0.4) is 0 Å². The van der Waals surface area contributed by atoms with Gasteiger partial charge >= 0.3 is 0 Å². The van der Waals surface area contributed by atoms with Crippen LogP contribution >= 0.6 is 0 Å². The first-order valence-corrected chi connectivity index (χ1v) is 11.3. The summed E-state index contributed by atoms with van der Waals surface area (Å²) >= 11 is 0. The molecule has 0 N–H and O–H groups in total. The quantitative estimate of drug-likeness (QED) is 0.584. The van der Waals surface area contributed by atoms with Gasteiger partial charge in [0.25, 0.3) is 5.91 Å². The first kappa shape index (κ1) is 22.5. The number of benzene rings is 2. The minimum atomic E-state index is -0.508. The van der Waals surface area contributed by atoms with E-state index in [-0.39, 0.29) is 11.8 Å². The van der Waals surface area contributed by atoms with Crippen LogP contribution in [0.2, 0.25) is 0 Å². The van der Waals surface area contributed by atoms with Crippen LogP contribution in [0.1, 0.15) is 22.8 Å². The van der Waals surface area contributed by atoms with Gasteiger partial charge < -0.3 is 14.7 Å². The molecule has 2 aromatic carbocycles. The Morgan fingerprint density at radius 2 is 1.58 bits per heavy atom. The van der Waals surface area contributed by atoms with Crippen LogP contribution in [-0.4, -0.2) is 66.4 Å². The van der Waals surface area contributed by atoms with Crippen LogP contribution in [0.25, 0.3) is 11.1 Å². The van der Waals surface area contributed by atoms with Crippen LogP contribution in [0.5, 0.6) is 0 Å². The van der Waals surface area contributed by atoms with E-state index in [0.717, 1.165) is 22.4 Å². The van der Waals surface area contributed by atoms with Gasteiger partial charge in [-0.3, -0.25) is 14.6 Å². The third-order valence-electron chi connectivity index (χ3n) is 6.25. The molecule has 33 heavy (non-hydrogen) atoms. The number of anilines is 1. The third-order valence-corrected chi connectivity index (χ3v) is 6.25. The van der Waals surface area contributed by atoms with Gasteiger partial charge in [-0.1, -0.05) is 24.3 Å². The van der Waals surface area contributed by atoms with Crippen molar-refractivity contribution in [2.75, 3.05) is 38.6 Å². The number of hydrogen-bond donors (Lipinski definition) is 0. The molecule has 1 aliphatic heterocycles. The standard InChI is InChI=1S/C27H30N4O2/c1-4-30-17-18-31(26(32)23-9-11-24(12-10-23)29(2)3)25(27(30)33)19-20-5-7-21(8-6-20)22-13-15-28-16-14-22/h5-16,25H,4,17-19H2,1-3H3/t25-/m0/s1. The lowest BCUT2D eigenvalue weighted by Crippen LogP contribution is -2.59. The number of likely N-dealkylation sites (N-methyl/N-ethyl adjacent to an activating group) is 1. The Morgan fingerprint density at radius 3 is 2.18 bits per heavy atom. The minimum Gasteiger partial charge on any atom is -0.378 e. The van der Waals surface area contributed by atoms with E-state index in [1.807, 2.05) is 79.3 Å². The Morgan fingerprint density at radius 1 is 0.939 bits per heavy atom. The molecule has 0 saturated carbocycles. The molecule has 1 aliphatic rings. The Labute approximate surface area is 195 Å². The molecule has 170 valence electrons. The van der Waals surface area contributed by atoms with Crippen LogP contribution in [0.15, 0.2) is 73.1 Å². The maximum Gasteiger partial charge on any atom is 0.254 e. The molecule has 4 rings (SSSR count). The Kier molecular flexibility index (Phi) is 6.73. The van der Waals surface area contributed by atoms with Gasteiger partial charge in [0.1, 0.15) is 6.04 Å². The molecule has 0 bridgehead atoms. The SMILES string of the molecule is CCN1CCN(C(=O)c2ccc(N(C)C)cc2)[C@@H](Cc2ccc(-c3ccncc3)cc2)C1=O. The smallest absolute Gasteiger partial charge is 0.254 e. The highest BCUT2D eigenvalue weighted by atomic mass is 16.2. The fraction of sp³-hybridized carbons (Fsp3) is 0.296. The van der Waals surface area contributed by atoms with E-state index < -0.39 is 6.04 Å². The van der Waals surface area contributed by atoms with E-state index in [4.69, 9.17) is 0 Å². The van der Waals surface area contributed by atoms with Crippen molar-refractivity contribution in [1.82, 2.24) is 14.8 Å². The molecule has 0 unspecified atom stereocenters. The molecule has 1 fully saturated rings. The average Bonchev–Trinajstić information content (AvgIpc) is 2.86. The predicted octanol–water partition coefficient (Wildman–Crippen LogP) is 3.73. The molecule has 1 aromatic heterocycles. The van der Waals surface area contributed by atoms with Crippen LogP contribution in [0.4, 0.5) is 5.69 Å². The Balaban J connectivity index is 1.57. The lowest BCUT2D eigenvalue weighted by molar-refractivity contribution is -0.139. The van der Waals surface area contributed by atoms with E-state index >= 15 is 0 Å². The second kappa shape index (κ2) is 9.86. The van der Waals surface area contributed by atoms with Crippen molar-refractivity contribution in [2.24, 2.45) is 0 Å². The van der Waals surface area contributed by atoms with Gasteiger partial charge in [-0.15, -0.1) is 0 Å². The van der Waals surface area contributed by atoms with Crippen molar-refractivity contribution in [2.45, 2.75) is 19.4 Å². The Bertz CT molecular complexity index is 1100. The van der Waals surface area contributed by atoms with Crippen LogP contribution in [0, 0.1) is 0 Å². The van der Waals surface area contributed by atoms with Gasteiger partial charge in [-0.2, -0.15) is 0 Å². The first-order chi connectivity index (χ1) is 16.0. The van der Waals surface area contributed by atoms with Crippen molar-refractivity contribution < 1.29 is 9.59 Å². The fourth-order valence-electron chi connectivity index (χ4n) is 4.26. The molecule has 6 nitrogen and oxygen atoms in total. The molecule has 2 amide bonds. The van der Waals surface area contributed by atoms with E-state index in [0.29, 0.717) is 31.6 Å². The number of nitrogens with zero attached hydrogens (tertiary/aromatic N) is 4. The van der Waals surface area contributed by atoms with Gasteiger partial charge in [0.15, 0.2) is 0 Å². The fourth-order valence-corrected chi connectivity index (χ4v) is 4.26. The number of hydrogen-bond acceptors (Lipinski definition) is 4. The normalized spacial score (nSPS) is 16.1. The zero-order chi connectivity index (χ0) is 23.4. The molecular formula is C27H30N4O2. The molecule has 0 radical (unpaired) electrons. The summed E-state index contributed by atoms with van der Waals surface area (Å²) in [5, 5.41) is 0. The number of rotatable bonds is 6. The summed E-state index contributed by atoms with van der Waals surface area (Å²) in [6.07, 6.45) is 4.04. The van der Waals surface area contributed by atoms with E-state index in [2.05, 4.69) is 17.1 Å². The highest BCUT2D eigenvalue weighted by Gasteiger charge is 2.37. The number of carbonyl (C=O) groups is 2. The minimum absolute atomic E-state index is 0.0141. The van der Waals surface area contributed by atoms with Crippen molar-refractivity contribution in [3.8, 4) is 11.1 Å². The number of pyridine rings is 1. The second-order valence-electron chi connectivity index (χ2n) is 8.51. The number of piperazine rings is 1. The number of aromatic nitrogens is 1. The number of amides is 2. The largest absolute Gasteiger partial charge is 0.378 e. The summed E-state index contributed by atoms with van der Waals surface area (Å²) in [6, 6.07) is 19.2. The molecule has 0 aliphatic carbocycles. The van der Waals surface area contributed by atoms with Crippen molar-refractivity contribution in [3.05, 3.63) is 84.2 Å². The topological polar surface area (TPSA) is 56.8 Å². The van der Waals surface area contributed by atoms with E-state index in [1.165, 1.54) is 0 Å². The molecule has 1 saturated heterocycles. The molecule has 2 heterocycles. The van der Waals surface area contributed by atoms with Gasteiger partial charge in [0.2, 0.25) is 5.91 Å². The number of carbonyl (C=O) groups excluding carboxylic acids is 2. The maximum absolute atomic E-state index is 13.4. The van der Waals surface area contributed by atoms with E-state index in [1.54, 1.807) is 17.3 Å². The lowest BCUT2D eigenvalue weighted by atomic mass is 9.98. The highest BCUT2D eigenvalue weighted by Crippen LogP contribution is 2.23. The van der Waals surface area contributed by atoms with Crippen LogP contribution < -0.4 is 4.90 Å².